The molecular weight excluding hydrogens is 308 g/mol. The van der Waals surface area contributed by atoms with Crippen LogP contribution in [0.1, 0.15) is 49.3 Å². The molecule has 0 aromatic carbocycles. The molecule has 1 atom stereocenters. The lowest BCUT2D eigenvalue weighted by Gasteiger charge is -2.34. The summed E-state index contributed by atoms with van der Waals surface area (Å²) in [6.45, 7) is 5.86. The summed E-state index contributed by atoms with van der Waals surface area (Å²) in [5.41, 5.74) is 0.913. The molecule has 6 heteroatoms. The maximum atomic E-state index is 12.6. The highest BCUT2D eigenvalue weighted by Gasteiger charge is 2.26. The van der Waals surface area contributed by atoms with E-state index in [2.05, 4.69) is 28.4 Å². The molecule has 1 fully saturated rings. The highest BCUT2D eigenvalue weighted by Crippen LogP contribution is 2.23. The summed E-state index contributed by atoms with van der Waals surface area (Å²) in [5.74, 6) is 1.30. The second kappa shape index (κ2) is 7.25. The smallest absolute Gasteiger partial charge is 0.228 e. The van der Waals surface area contributed by atoms with Crippen molar-refractivity contribution in [1.29, 1.82) is 0 Å². The normalized spacial score (nSPS) is 18.3. The van der Waals surface area contributed by atoms with Crippen LogP contribution in [0.25, 0.3) is 0 Å². The Morgan fingerprint density at radius 2 is 2.26 bits per heavy atom. The Morgan fingerprint density at radius 1 is 1.39 bits per heavy atom. The third-order valence-corrected chi connectivity index (χ3v) is 5.48. The Hall–Kier alpha value is -1.69. The number of imidazole rings is 1. The average Bonchev–Trinajstić information content (AvgIpc) is 3.23. The van der Waals surface area contributed by atoms with Crippen molar-refractivity contribution in [3.05, 3.63) is 34.3 Å². The van der Waals surface area contributed by atoms with Gasteiger partial charge in [0.2, 0.25) is 5.91 Å². The Bertz CT molecular complexity index is 663. The minimum atomic E-state index is 0.195. The second-order valence-electron chi connectivity index (χ2n) is 6.00. The lowest BCUT2D eigenvalue weighted by atomic mass is 10.0. The van der Waals surface area contributed by atoms with E-state index in [1.165, 1.54) is 0 Å². The summed E-state index contributed by atoms with van der Waals surface area (Å²) >= 11 is 1.65. The molecule has 1 aliphatic heterocycles. The van der Waals surface area contributed by atoms with Crippen molar-refractivity contribution >= 4 is 17.2 Å². The first-order valence-corrected chi connectivity index (χ1v) is 9.32. The van der Waals surface area contributed by atoms with Gasteiger partial charge in [0.15, 0.2) is 0 Å². The van der Waals surface area contributed by atoms with E-state index >= 15 is 0 Å². The van der Waals surface area contributed by atoms with E-state index in [1.54, 1.807) is 11.3 Å². The van der Waals surface area contributed by atoms with Crippen molar-refractivity contribution in [3.8, 4) is 0 Å². The van der Waals surface area contributed by atoms with Crippen LogP contribution in [-0.4, -0.2) is 38.4 Å². The topological polar surface area (TPSA) is 51.0 Å². The third kappa shape index (κ3) is 3.63. The molecule has 0 saturated carbocycles. The molecule has 124 valence electrons. The average molecular weight is 332 g/mol. The summed E-state index contributed by atoms with van der Waals surface area (Å²) in [5, 5.41) is 3.12. The molecular formula is C17H24N4OS. The van der Waals surface area contributed by atoms with Crippen LogP contribution in [0, 0.1) is 0 Å². The molecule has 1 saturated heterocycles. The number of aryl methyl sites for hydroxylation is 2. The molecule has 3 heterocycles. The zero-order valence-corrected chi connectivity index (χ0v) is 14.7. The summed E-state index contributed by atoms with van der Waals surface area (Å²) in [6, 6.07) is 0.354. The van der Waals surface area contributed by atoms with Crippen LogP contribution in [0.4, 0.5) is 0 Å². The van der Waals surface area contributed by atoms with Crippen molar-refractivity contribution in [2.75, 3.05) is 13.1 Å². The Kier molecular flexibility index (Phi) is 5.10. The number of aromatic nitrogens is 3. The molecule has 1 amide bonds. The first kappa shape index (κ1) is 16.2. The van der Waals surface area contributed by atoms with Crippen molar-refractivity contribution in [2.45, 2.75) is 52.0 Å². The molecule has 0 radical (unpaired) electrons. The number of thiazole rings is 1. The Labute approximate surface area is 141 Å². The van der Waals surface area contributed by atoms with E-state index < -0.39 is 0 Å². The molecule has 0 aliphatic carbocycles. The Morgan fingerprint density at radius 3 is 3.00 bits per heavy atom. The number of carbonyl (C=O) groups excluding carboxylic acids is 1. The SMILES string of the molecule is CCc1nc(CC(=O)N2CCC[C@H](n3ccnc3CC)C2)cs1. The monoisotopic (exact) mass is 332 g/mol. The van der Waals surface area contributed by atoms with E-state index in [0.29, 0.717) is 12.5 Å². The predicted octanol–water partition coefficient (Wildman–Crippen LogP) is 2.87. The van der Waals surface area contributed by atoms with E-state index in [1.807, 2.05) is 22.7 Å². The quantitative estimate of drug-likeness (QED) is 0.846. The number of piperidine rings is 1. The summed E-state index contributed by atoms with van der Waals surface area (Å²) in [6.07, 6.45) is 8.36. The van der Waals surface area contributed by atoms with Crippen LogP contribution < -0.4 is 0 Å². The van der Waals surface area contributed by atoms with Gasteiger partial charge in [0.05, 0.1) is 23.2 Å². The highest BCUT2D eigenvalue weighted by atomic mass is 32.1. The number of hydrogen-bond acceptors (Lipinski definition) is 4. The van der Waals surface area contributed by atoms with Gasteiger partial charge < -0.3 is 9.47 Å². The second-order valence-corrected chi connectivity index (χ2v) is 6.95. The van der Waals surface area contributed by atoms with Gasteiger partial charge in [-0.3, -0.25) is 4.79 Å². The van der Waals surface area contributed by atoms with Gasteiger partial charge in [0.25, 0.3) is 0 Å². The number of rotatable bonds is 5. The first-order chi connectivity index (χ1) is 11.2. The number of hydrogen-bond donors (Lipinski definition) is 0. The van der Waals surface area contributed by atoms with Gasteiger partial charge in [-0.2, -0.15) is 0 Å². The maximum Gasteiger partial charge on any atom is 0.228 e. The largest absolute Gasteiger partial charge is 0.340 e. The van der Waals surface area contributed by atoms with Crippen LogP contribution in [-0.2, 0) is 24.1 Å². The van der Waals surface area contributed by atoms with Gasteiger partial charge in [0, 0.05) is 37.3 Å². The fourth-order valence-electron chi connectivity index (χ4n) is 3.22. The summed E-state index contributed by atoms with van der Waals surface area (Å²) in [7, 11) is 0. The predicted molar refractivity (Wildman–Crippen MR) is 91.7 cm³/mol. The number of likely N-dealkylation sites (tertiary alicyclic amines) is 1. The van der Waals surface area contributed by atoms with Crippen LogP contribution in [0.15, 0.2) is 17.8 Å². The minimum absolute atomic E-state index is 0.195. The maximum absolute atomic E-state index is 12.6. The molecule has 0 bridgehead atoms. The molecule has 2 aromatic rings. The number of nitrogens with zero attached hydrogens (tertiary/aromatic N) is 4. The van der Waals surface area contributed by atoms with Gasteiger partial charge in [-0.1, -0.05) is 13.8 Å². The van der Waals surface area contributed by atoms with E-state index in [9.17, 15) is 4.79 Å². The van der Waals surface area contributed by atoms with Crippen molar-refractivity contribution in [3.63, 3.8) is 0 Å². The van der Waals surface area contributed by atoms with Crippen molar-refractivity contribution < 1.29 is 4.79 Å². The van der Waals surface area contributed by atoms with Gasteiger partial charge in [-0.05, 0) is 19.3 Å². The highest BCUT2D eigenvalue weighted by molar-refractivity contribution is 7.09. The molecule has 2 aromatic heterocycles. The molecule has 3 rings (SSSR count). The third-order valence-electron chi connectivity index (χ3n) is 4.44. The molecule has 0 unspecified atom stereocenters. The van der Waals surface area contributed by atoms with Crippen LogP contribution in [0.2, 0.25) is 0 Å². The molecule has 0 spiro atoms. The van der Waals surface area contributed by atoms with Gasteiger partial charge in [-0.15, -0.1) is 11.3 Å². The number of amides is 1. The van der Waals surface area contributed by atoms with Crippen LogP contribution in [0.5, 0.6) is 0 Å². The van der Waals surface area contributed by atoms with Crippen molar-refractivity contribution in [1.82, 2.24) is 19.4 Å². The standard InChI is InChI=1S/C17H24N4OS/c1-3-15-18-7-9-21(15)14-6-5-8-20(11-14)17(22)10-13-12-23-16(4-2)19-13/h7,9,12,14H,3-6,8,10-11H2,1-2H3/t14-/m0/s1. The first-order valence-electron chi connectivity index (χ1n) is 8.44. The zero-order valence-electron chi connectivity index (χ0n) is 13.9. The van der Waals surface area contributed by atoms with Gasteiger partial charge >= 0.3 is 0 Å². The summed E-state index contributed by atoms with van der Waals surface area (Å²) < 4.78 is 2.25. The van der Waals surface area contributed by atoms with Crippen LogP contribution >= 0.6 is 11.3 Å². The fourth-order valence-corrected chi connectivity index (χ4v) is 3.96. The molecule has 5 nitrogen and oxygen atoms in total. The van der Waals surface area contributed by atoms with E-state index in [4.69, 9.17) is 0 Å². The number of carbonyl (C=O) groups is 1. The van der Waals surface area contributed by atoms with E-state index in [-0.39, 0.29) is 5.91 Å². The van der Waals surface area contributed by atoms with Gasteiger partial charge in [-0.25, -0.2) is 9.97 Å². The van der Waals surface area contributed by atoms with E-state index in [0.717, 1.165) is 55.3 Å². The molecule has 1 aliphatic rings. The molecule has 0 N–H and O–H groups in total. The fraction of sp³-hybridized carbons (Fsp3) is 0.588. The van der Waals surface area contributed by atoms with Crippen LogP contribution in [0.3, 0.4) is 0 Å². The Balaban J connectivity index is 1.64. The van der Waals surface area contributed by atoms with Gasteiger partial charge in [0.1, 0.15) is 5.82 Å². The minimum Gasteiger partial charge on any atom is -0.340 e. The van der Waals surface area contributed by atoms with Crippen molar-refractivity contribution in [2.24, 2.45) is 0 Å². The molecule has 23 heavy (non-hydrogen) atoms. The zero-order chi connectivity index (χ0) is 16.2. The summed E-state index contributed by atoms with van der Waals surface area (Å²) in [4.78, 5) is 23.5. The lowest BCUT2D eigenvalue weighted by molar-refractivity contribution is -0.132. The lowest BCUT2D eigenvalue weighted by Crippen LogP contribution is -2.41.